The smallest absolute Gasteiger partial charge is 0.326 e. The van der Waals surface area contributed by atoms with E-state index >= 15 is 0 Å². The van der Waals surface area contributed by atoms with Crippen molar-refractivity contribution in [1.82, 2.24) is 0 Å². The number of carbonyl (C=O) groups is 1. The summed E-state index contributed by atoms with van der Waals surface area (Å²) in [6.07, 6.45) is 1.60. The minimum absolute atomic E-state index is 0.0971. The monoisotopic (exact) mass is 171 g/mol. The van der Waals surface area contributed by atoms with E-state index in [0.29, 0.717) is 13.0 Å². The van der Waals surface area contributed by atoms with E-state index in [1.54, 1.807) is 0 Å². The first-order valence-corrected chi connectivity index (χ1v) is 4.10. The lowest BCUT2D eigenvalue weighted by Gasteiger charge is -2.13. The minimum Gasteiger partial charge on any atom is -0.468 e. The first-order valence-electron chi connectivity index (χ1n) is 4.10. The largest absolute Gasteiger partial charge is 0.468 e. The Morgan fingerprint density at radius 2 is 2.42 bits per heavy atom. The molecule has 0 aromatic rings. The van der Waals surface area contributed by atoms with E-state index in [2.05, 4.69) is 4.74 Å². The van der Waals surface area contributed by atoms with Crippen molar-refractivity contribution in [3.05, 3.63) is 0 Å². The lowest BCUT2D eigenvalue weighted by atomic mass is 9.99. The summed E-state index contributed by atoms with van der Waals surface area (Å²) in [5.74, 6) is -0.298. The maximum absolute atomic E-state index is 11.3. The molecule has 1 spiro atoms. The molecule has 1 aliphatic carbocycles. The molecule has 2 aliphatic rings. The second-order valence-corrected chi connectivity index (χ2v) is 3.72. The number of methoxy groups -OCH3 is 1. The van der Waals surface area contributed by atoms with Gasteiger partial charge < -0.3 is 15.2 Å². The molecule has 1 saturated heterocycles. The maximum Gasteiger partial charge on any atom is 0.326 e. The van der Waals surface area contributed by atoms with Crippen molar-refractivity contribution < 1.29 is 14.3 Å². The second kappa shape index (κ2) is 2.20. The van der Waals surface area contributed by atoms with Gasteiger partial charge in [0.05, 0.1) is 13.7 Å². The van der Waals surface area contributed by atoms with Crippen LogP contribution in [0.4, 0.5) is 0 Å². The highest BCUT2D eigenvalue weighted by molar-refractivity contribution is 5.86. The van der Waals surface area contributed by atoms with Crippen molar-refractivity contribution >= 4 is 5.97 Å². The van der Waals surface area contributed by atoms with Crippen LogP contribution in [0.1, 0.15) is 12.8 Å². The molecule has 1 saturated carbocycles. The average molecular weight is 171 g/mol. The third-order valence-corrected chi connectivity index (χ3v) is 3.09. The zero-order valence-electron chi connectivity index (χ0n) is 7.13. The second-order valence-electron chi connectivity index (χ2n) is 3.72. The van der Waals surface area contributed by atoms with Crippen molar-refractivity contribution in [1.29, 1.82) is 0 Å². The molecule has 2 rings (SSSR count). The molecule has 12 heavy (non-hydrogen) atoms. The number of esters is 1. The Morgan fingerprint density at radius 1 is 1.67 bits per heavy atom. The van der Waals surface area contributed by atoms with Crippen LogP contribution in [0.2, 0.25) is 0 Å². The highest BCUT2D eigenvalue weighted by Gasteiger charge is 2.71. The summed E-state index contributed by atoms with van der Waals surface area (Å²) < 4.78 is 9.87. The molecule has 4 heteroatoms. The Morgan fingerprint density at radius 3 is 2.92 bits per heavy atom. The molecule has 4 nitrogen and oxygen atoms in total. The fraction of sp³-hybridized carbons (Fsp3) is 0.875. The fourth-order valence-electron chi connectivity index (χ4n) is 2.06. The predicted molar refractivity (Wildman–Crippen MR) is 41.4 cm³/mol. The van der Waals surface area contributed by atoms with Crippen molar-refractivity contribution in [3.8, 4) is 0 Å². The summed E-state index contributed by atoms with van der Waals surface area (Å²) in [7, 11) is 1.37. The molecule has 0 aromatic carbocycles. The SMILES string of the molecule is COC(=O)C1(N)CC12CCOC2. The maximum atomic E-state index is 11.3. The number of hydrogen-bond acceptors (Lipinski definition) is 4. The van der Waals surface area contributed by atoms with Crippen molar-refractivity contribution in [2.24, 2.45) is 11.1 Å². The van der Waals surface area contributed by atoms with Gasteiger partial charge in [0.25, 0.3) is 0 Å². The molecule has 1 heterocycles. The van der Waals surface area contributed by atoms with Crippen molar-refractivity contribution in [3.63, 3.8) is 0 Å². The Kier molecular flexibility index (Phi) is 1.47. The van der Waals surface area contributed by atoms with E-state index in [0.717, 1.165) is 13.0 Å². The van der Waals surface area contributed by atoms with Gasteiger partial charge in [0, 0.05) is 12.0 Å². The van der Waals surface area contributed by atoms with Crippen LogP contribution < -0.4 is 5.73 Å². The summed E-state index contributed by atoms with van der Waals surface area (Å²) in [5.41, 5.74) is 5.04. The van der Waals surface area contributed by atoms with Crippen LogP contribution in [0.15, 0.2) is 0 Å². The van der Waals surface area contributed by atoms with Gasteiger partial charge >= 0.3 is 5.97 Å². The predicted octanol–water partition coefficient (Wildman–Crippen LogP) is -0.333. The molecule has 1 aliphatic heterocycles. The van der Waals surface area contributed by atoms with E-state index < -0.39 is 5.54 Å². The summed E-state index contributed by atoms with van der Waals surface area (Å²) >= 11 is 0. The van der Waals surface area contributed by atoms with Crippen molar-refractivity contribution in [2.75, 3.05) is 20.3 Å². The highest BCUT2D eigenvalue weighted by atomic mass is 16.5. The molecule has 2 fully saturated rings. The summed E-state index contributed by atoms with van der Waals surface area (Å²) in [5, 5.41) is 0. The van der Waals surface area contributed by atoms with Crippen LogP contribution in [0.25, 0.3) is 0 Å². The number of carbonyl (C=O) groups excluding carboxylic acids is 1. The van der Waals surface area contributed by atoms with Crippen LogP contribution in [0.5, 0.6) is 0 Å². The molecule has 2 unspecified atom stereocenters. The topological polar surface area (TPSA) is 61.5 Å². The Bertz CT molecular complexity index is 222. The molecule has 2 atom stereocenters. The van der Waals surface area contributed by atoms with Gasteiger partial charge in [0.1, 0.15) is 5.54 Å². The van der Waals surface area contributed by atoms with Crippen LogP contribution in [0, 0.1) is 5.41 Å². The average Bonchev–Trinajstić information content (AvgIpc) is 2.50. The number of ether oxygens (including phenoxy) is 2. The Balaban J connectivity index is 2.12. The van der Waals surface area contributed by atoms with Gasteiger partial charge in [-0.05, 0) is 12.8 Å². The molecule has 0 bridgehead atoms. The zero-order valence-corrected chi connectivity index (χ0v) is 7.13. The molecular weight excluding hydrogens is 158 g/mol. The summed E-state index contributed by atoms with van der Waals surface area (Å²) in [6.45, 7) is 1.33. The van der Waals surface area contributed by atoms with E-state index in [9.17, 15) is 4.79 Å². The molecule has 0 aromatic heterocycles. The minimum atomic E-state index is -0.752. The third kappa shape index (κ3) is 0.765. The molecule has 68 valence electrons. The Labute approximate surface area is 71.0 Å². The van der Waals surface area contributed by atoms with Gasteiger partial charge in [-0.3, -0.25) is 4.79 Å². The van der Waals surface area contributed by atoms with E-state index in [-0.39, 0.29) is 11.4 Å². The van der Waals surface area contributed by atoms with E-state index in [4.69, 9.17) is 10.5 Å². The van der Waals surface area contributed by atoms with Gasteiger partial charge in [0.2, 0.25) is 0 Å². The lowest BCUT2D eigenvalue weighted by molar-refractivity contribution is -0.144. The van der Waals surface area contributed by atoms with Gasteiger partial charge in [-0.1, -0.05) is 0 Å². The first-order chi connectivity index (χ1) is 5.65. The molecule has 0 amide bonds. The molecule has 2 N–H and O–H groups in total. The van der Waals surface area contributed by atoms with Gasteiger partial charge in [-0.25, -0.2) is 0 Å². The fourth-order valence-corrected chi connectivity index (χ4v) is 2.06. The van der Waals surface area contributed by atoms with E-state index in [1.165, 1.54) is 7.11 Å². The number of nitrogens with two attached hydrogens (primary N) is 1. The number of hydrogen-bond donors (Lipinski definition) is 1. The quantitative estimate of drug-likeness (QED) is 0.549. The first kappa shape index (κ1) is 8.01. The van der Waals surface area contributed by atoms with Crippen molar-refractivity contribution in [2.45, 2.75) is 18.4 Å². The van der Waals surface area contributed by atoms with Gasteiger partial charge in [-0.2, -0.15) is 0 Å². The van der Waals surface area contributed by atoms with Gasteiger partial charge in [-0.15, -0.1) is 0 Å². The van der Waals surface area contributed by atoms with Crippen LogP contribution in [0.3, 0.4) is 0 Å². The number of rotatable bonds is 1. The highest BCUT2D eigenvalue weighted by Crippen LogP contribution is 2.59. The zero-order chi connectivity index (χ0) is 8.82. The standard InChI is InChI=1S/C8H13NO3/c1-11-6(10)8(9)4-7(8)2-3-12-5-7/h2-5,9H2,1H3. The summed E-state index contributed by atoms with van der Waals surface area (Å²) in [6, 6.07) is 0. The normalized spacial score (nSPS) is 44.8. The van der Waals surface area contributed by atoms with Crippen LogP contribution in [-0.2, 0) is 14.3 Å². The van der Waals surface area contributed by atoms with E-state index in [1.807, 2.05) is 0 Å². The molecule has 0 radical (unpaired) electrons. The van der Waals surface area contributed by atoms with Crippen LogP contribution in [-0.4, -0.2) is 31.8 Å². The third-order valence-electron chi connectivity index (χ3n) is 3.09. The lowest BCUT2D eigenvalue weighted by Crippen LogP contribution is -2.40. The Hall–Kier alpha value is -0.610. The summed E-state index contributed by atoms with van der Waals surface area (Å²) in [4.78, 5) is 11.3. The van der Waals surface area contributed by atoms with Crippen LogP contribution >= 0.6 is 0 Å². The van der Waals surface area contributed by atoms with Gasteiger partial charge in [0.15, 0.2) is 0 Å². The molecular formula is C8H13NO3.